The molecule has 5 atom stereocenters. The zero-order valence-corrected chi connectivity index (χ0v) is 47.8. The number of para-hydroxylation sites is 1. The number of carboxylic acid groups (broad SMARTS) is 6. The summed E-state index contributed by atoms with van der Waals surface area (Å²) in [7, 11) is 0. The van der Waals surface area contributed by atoms with Gasteiger partial charge in [0.15, 0.2) is 37.1 Å². The van der Waals surface area contributed by atoms with Crippen LogP contribution in [-0.4, -0.2) is 124 Å². The monoisotopic (exact) mass is 1240 g/mol. The number of rotatable bonds is 18. The summed E-state index contributed by atoms with van der Waals surface area (Å²) in [6, 6.07) is 33.5. The molecule has 84 heavy (non-hydrogen) atoms. The molecule has 4 aromatic heterocycles. The summed E-state index contributed by atoms with van der Waals surface area (Å²) < 4.78 is 42.7. The Kier molecular flexibility index (Phi) is 29.2. The summed E-state index contributed by atoms with van der Waals surface area (Å²) in [5.41, 5.74) is 0.859. The van der Waals surface area contributed by atoms with Gasteiger partial charge in [0.1, 0.15) is 39.7 Å². The van der Waals surface area contributed by atoms with Crippen molar-refractivity contribution in [1.82, 2.24) is 19.9 Å². The van der Waals surface area contributed by atoms with Crippen LogP contribution in [0.2, 0.25) is 20.2 Å². The molecule has 2 unspecified atom stereocenters. The van der Waals surface area contributed by atoms with E-state index in [1.165, 1.54) is 83.5 Å². The third kappa shape index (κ3) is 26.1. The van der Waals surface area contributed by atoms with Gasteiger partial charge in [0.05, 0.1) is 24.1 Å². The summed E-state index contributed by atoms with van der Waals surface area (Å²) >= 11 is 23.0. The van der Waals surface area contributed by atoms with Gasteiger partial charge in [0, 0.05) is 49.7 Å². The molecule has 0 amide bonds. The van der Waals surface area contributed by atoms with Crippen LogP contribution in [-0.2, 0) is 28.8 Å². The van der Waals surface area contributed by atoms with Gasteiger partial charge in [0.25, 0.3) is 0 Å². The number of ether oxygens (including phenoxy) is 6. The standard InChI is InChI=1S/C13H11ClO3.C12H11NO3.C9H8Cl2O3.C8H8FNO3.C8H9NO3.C7H6ClNO3/c1-8(13(15)16)17-12-7-6-11(14)9-4-2-3-5-10(9)12;1-8(12(14)15)16-10-6-9-4-2-3-5-11(9)13-7-10;1-5(9(12)13)14-8-3-6(10)2-7(11)4-8;1-5(8(11)12)13-6-2-3-7(9)10-4-6;1-6(8(10)11)12-7-3-2-4-9-5-7;8-6-3-5(1-2-9-6)12-4-7(10)11/h2-8H,1H3,(H,15,16);2-8H,1H3,(H,14,15);2-5H,1H3,(H,12,13);2-5H,1H3,(H,11,12);2-6H,1H3,(H,10,11);1-3H,4H2,(H,10,11)/t2*8-;;5-;;/m00.0../s1. The first-order chi connectivity index (χ1) is 39.7. The largest absolute Gasteiger partial charge is 0.482 e. The zero-order valence-electron chi connectivity index (χ0n) is 44.8. The van der Waals surface area contributed by atoms with E-state index in [9.17, 15) is 33.2 Å². The Bertz CT molecular complexity index is 3430. The molecule has 4 heterocycles. The molecule has 22 nitrogen and oxygen atoms in total. The van der Waals surface area contributed by atoms with Gasteiger partial charge >= 0.3 is 35.8 Å². The number of hydrogen-bond acceptors (Lipinski definition) is 16. The average Bonchev–Trinajstić information content (AvgIpc) is 3.64. The highest BCUT2D eigenvalue weighted by molar-refractivity contribution is 6.36. The van der Waals surface area contributed by atoms with Gasteiger partial charge in [-0.15, -0.1) is 0 Å². The van der Waals surface area contributed by atoms with Crippen LogP contribution in [0.25, 0.3) is 21.7 Å². The number of carbonyl (C=O) groups is 6. The fourth-order valence-corrected chi connectivity index (χ4v) is 6.67. The average molecular weight is 1240 g/mol. The summed E-state index contributed by atoms with van der Waals surface area (Å²) in [4.78, 5) is 77.6. The van der Waals surface area contributed by atoms with E-state index < -0.39 is 72.3 Å². The molecular weight excluding hydrogens is 1190 g/mol. The second kappa shape index (κ2) is 35.5. The molecule has 6 N–H and O–H groups in total. The van der Waals surface area contributed by atoms with Crippen molar-refractivity contribution in [3.05, 3.63) is 178 Å². The summed E-state index contributed by atoms with van der Waals surface area (Å²) in [6.45, 7) is 6.88. The van der Waals surface area contributed by atoms with Gasteiger partial charge in [0.2, 0.25) is 5.95 Å². The lowest BCUT2D eigenvalue weighted by Crippen LogP contribution is -2.22. The van der Waals surface area contributed by atoms with E-state index in [0.29, 0.717) is 43.8 Å². The predicted octanol–water partition coefficient (Wildman–Crippen LogP) is 11.5. The van der Waals surface area contributed by atoms with E-state index in [0.717, 1.165) is 33.9 Å². The number of aromatic nitrogens is 4. The summed E-state index contributed by atoms with van der Waals surface area (Å²) in [6.07, 6.45) is 2.68. The van der Waals surface area contributed by atoms with Crippen LogP contribution < -0.4 is 28.4 Å². The number of pyridine rings is 4. The lowest BCUT2D eigenvalue weighted by atomic mass is 10.1. The van der Waals surface area contributed by atoms with E-state index in [2.05, 4.69) is 19.9 Å². The van der Waals surface area contributed by atoms with Crippen LogP contribution in [0.3, 0.4) is 0 Å². The molecule has 0 fully saturated rings. The second-order valence-electron chi connectivity index (χ2n) is 16.6. The number of aliphatic carboxylic acids is 6. The Labute approximate surface area is 498 Å². The molecule has 8 aromatic rings. The predicted molar refractivity (Wildman–Crippen MR) is 307 cm³/mol. The van der Waals surface area contributed by atoms with Crippen molar-refractivity contribution in [3.63, 3.8) is 0 Å². The fraction of sp³-hybridized carbons (Fsp3) is 0.193. The summed E-state index contributed by atoms with van der Waals surface area (Å²) in [5, 5.41) is 55.7. The lowest BCUT2D eigenvalue weighted by molar-refractivity contribution is -0.145. The smallest absolute Gasteiger partial charge is 0.344 e. The number of nitrogens with zero attached hydrogens (tertiary/aromatic N) is 4. The molecule has 0 aliphatic carbocycles. The third-order valence-corrected chi connectivity index (χ3v) is 10.9. The Balaban J connectivity index is 0.000000266. The van der Waals surface area contributed by atoms with Gasteiger partial charge in [-0.25, -0.2) is 38.7 Å². The van der Waals surface area contributed by atoms with Gasteiger partial charge in [-0.2, -0.15) is 4.39 Å². The van der Waals surface area contributed by atoms with E-state index in [-0.39, 0.29) is 17.5 Å². The zero-order chi connectivity index (χ0) is 62.5. The number of hydrogen-bond donors (Lipinski definition) is 6. The van der Waals surface area contributed by atoms with Crippen LogP contribution in [0.1, 0.15) is 34.6 Å². The molecule has 444 valence electrons. The molecular formula is C57H53Cl4FN4O18. The molecule has 0 spiro atoms. The molecule has 27 heteroatoms. The third-order valence-electron chi connectivity index (χ3n) is 9.92. The van der Waals surface area contributed by atoms with Crippen molar-refractivity contribution in [3.8, 4) is 34.5 Å². The maximum atomic E-state index is 12.3. The van der Waals surface area contributed by atoms with E-state index in [1.807, 2.05) is 48.5 Å². The van der Waals surface area contributed by atoms with Crippen LogP contribution >= 0.6 is 46.4 Å². The Hall–Kier alpha value is -9.29. The number of benzene rings is 4. The first kappa shape index (κ1) is 69.0. The Morgan fingerprint density at radius 1 is 0.464 bits per heavy atom. The highest BCUT2D eigenvalue weighted by Crippen LogP contribution is 2.32. The minimum atomic E-state index is -1.08. The van der Waals surface area contributed by atoms with E-state index in [1.54, 1.807) is 42.6 Å². The van der Waals surface area contributed by atoms with Gasteiger partial charge in [-0.1, -0.05) is 88.9 Å². The molecule has 0 bridgehead atoms. The maximum absolute atomic E-state index is 12.3. The number of fused-ring (bicyclic) bond motifs is 2. The Morgan fingerprint density at radius 2 is 0.976 bits per heavy atom. The van der Waals surface area contributed by atoms with Crippen molar-refractivity contribution < 1.29 is 92.2 Å². The van der Waals surface area contributed by atoms with Crippen LogP contribution in [0.4, 0.5) is 4.39 Å². The van der Waals surface area contributed by atoms with Crippen LogP contribution in [0, 0.1) is 5.95 Å². The minimum Gasteiger partial charge on any atom is -0.482 e. The van der Waals surface area contributed by atoms with Gasteiger partial charge in [-0.05, 0) is 107 Å². The van der Waals surface area contributed by atoms with Crippen molar-refractivity contribution in [1.29, 1.82) is 0 Å². The second-order valence-corrected chi connectivity index (χ2v) is 18.2. The normalized spacial score (nSPS) is 11.8. The number of carboxylic acids is 6. The maximum Gasteiger partial charge on any atom is 0.344 e. The number of halogens is 5. The van der Waals surface area contributed by atoms with Crippen molar-refractivity contribution >= 4 is 104 Å². The van der Waals surface area contributed by atoms with Gasteiger partial charge < -0.3 is 59.1 Å². The molecule has 0 saturated carbocycles. The molecule has 0 radical (unpaired) electrons. The molecule has 0 aliphatic rings. The molecule has 4 aromatic carbocycles. The van der Waals surface area contributed by atoms with Crippen molar-refractivity contribution in [2.45, 2.75) is 65.1 Å². The van der Waals surface area contributed by atoms with Crippen molar-refractivity contribution in [2.24, 2.45) is 0 Å². The molecule has 8 rings (SSSR count). The SMILES string of the molecule is CC(Oc1cc(Cl)cc(Cl)c1)C(=O)O.CC(Oc1cccnc1)C(=O)O.C[C@H](Oc1ccc(Cl)c2ccccc12)C(=O)O.C[C@H](Oc1ccc(F)nc1)C(=O)O.C[C@H](Oc1cnc2ccccc2c1)C(=O)O.O=C(O)COc1ccnc(Cl)c1. The summed E-state index contributed by atoms with van der Waals surface area (Å²) in [5.74, 6) is -4.31. The molecule has 0 saturated heterocycles. The first-order valence-electron chi connectivity index (χ1n) is 24.2. The Morgan fingerprint density at radius 3 is 1.50 bits per heavy atom. The highest BCUT2D eigenvalue weighted by Gasteiger charge is 2.17. The van der Waals surface area contributed by atoms with Crippen LogP contribution in [0.5, 0.6) is 34.5 Å². The first-order valence-corrected chi connectivity index (χ1v) is 25.7. The lowest BCUT2D eigenvalue weighted by Gasteiger charge is -2.13. The van der Waals surface area contributed by atoms with E-state index >= 15 is 0 Å². The minimum absolute atomic E-state index is 0.233. The quantitative estimate of drug-likeness (QED) is 0.0435. The van der Waals surface area contributed by atoms with E-state index in [4.69, 9.17) is 105 Å². The highest BCUT2D eigenvalue weighted by atomic mass is 35.5. The van der Waals surface area contributed by atoms with Crippen molar-refractivity contribution in [2.75, 3.05) is 6.61 Å². The van der Waals surface area contributed by atoms with Gasteiger partial charge in [-0.3, -0.25) is 9.97 Å². The topological polar surface area (TPSA) is 331 Å². The fourth-order valence-electron chi connectivity index (χ4n) is 5.78. The molecule has 0 aliphatic heterocycles. The van der Waals surface area contributed by atoms with Crippen LogP contribution in [0.15, 0.2) is 152 Å².